The Bertz CT molecular complexity index is 498. The second kappa shape index (κ2) is 6.80. The average Bonchev–Trinajstić information content (AvgIpc) is 2.97. The number of hydrogen-bond acceptors (Lipinski definition) is 3. The second-order valence-corrected chi connectivity index (χ2v) is 6.83. The number of amides is 1. The van der Waals surface area contributed by atoms with Crippen molar-refractivity contribution < 1.29 is 4.79 Å². The molecule has 2 aliphatic heterocycles. The number of benzene rings is 1. The molecular weight excluding hydrogens is 274 g/mol. The first-order chi connectivity index (χ1) is 10.7. The summed E-state index contributed by atoms with van der Waals surface area (Å²) in [5, 5.41) is 3.29. The van der Waals surface area contributed by atoms with Gasteiger partial charge in [-0.05, 0) is 18.5 Å². The molecule has 0 aliphatic carbocycles. The second-order valence-electron chi connectivity index (χ2n) is 6.83. The van der Waals surface area contributed by atoms with E-state index in [1.165, 1.54) is 12.0 Å². The maximum atomic E-state index is 12.3. The molecule has 3 rings (SSSR count). The Balaban J connectivity index is 1.50. The SMILES string of the molecule is CC1(c2ccccc2)CCN(CCC(=O)N2CCNCC2)C1. The Kier molecular flexibility index (Phi) is 4.79. The van der Waals surface area contributed by atoms with E-state index in [0.29, 0.717) is 12.3 Å². The predicted octanol–water partition coefficient (Wildman–Crippen LogP) is 1.47. The average molecular weight is 301 g/mol. The van der Waals surface area contributed by atoms with Gasteiger partial charge in [-0.2, -0.15) is 0 Å². The van der Waals surface area contributed by atoms with Gasteiger partial charge in [0.15, 0.2) is 0 Å². The summed E-state index contributed by atoms with van der Waals surface area (Å²) in [5.74, 6) is 0.315. The highest BCUT2D eigenvalue weighted by Crippen LogP contribution is 2.33. The molecule has 120 valence electrons. The van der Waals surface area contributed by atoms with E-state index >= 15 is 0 Å². The van der Waals surface area contributed by atoms with E-state index in [-0.39, 0.29) is 5.41 Å². The van der Waals surface area contributed by atoms with Crippen LogP contribution in [0.4, 0.5) is 0 Å². The summed E-state index contributed by atoms with van der Waals surface area (Å²) in [6.45, 7) is 8.99. The molecule has 22 heavy (non-hydrogen) atoms. The minimum atomic E-state index is 0.235. The van der Waals surface area contributed by atoms with Crippen molar-refractivity contribution in [2.75, 3.05) is 45.8 Å². The van der Waals surface area contributed by atoms with Crippen molar-refractivity contribution in [2.24, 2.45) is 0 Å². The third kappa shape index (κ3) is 3.50. The number of nitrogens with one attached hydrogen (secondary N) is 1. The normalized spacial score (nSPS) is 26.3. The summed E-state index contributed by atoms with van der Waals surface area (Å²) in [5.41, 5.74) is 1.66. The van der Waals surface area contributed by atoms with Crippen molar-refractivity contribution in [3.05, 3.63) is 35.9 Å². The number of rotatable bonds is 4. The highest BCUT2D eigenvalue weighted by atomic mass is 16.2. The first-order valence-corrected chi connectivity index (χ1v) is 8.44. The van der Waals surface area contributed by atoms with Gasteiger partial charge in [-0.3, -0.25) is 4.79 Å². The molecule has 4 nitrogen and oxygen atoms in total. The quantitative estimate of drug-likeness (QED) is 0.915. The van der Waals surface area contributed by atoms with Crippen LogP contribution in [0.2, 0.25) is 0 Å². The fraction of sp³-hybridized carbons (Fsp3) is 0.611. The minimum Gasteiger partial charge on any atom is -0.340 e. The highest BCUT2D eigenvalue weighted by molar-refractivity contribution is 5.76. The molecule has 2 aliphatic rings. The van der Waals surface area contributed by atoms with Crippen LogP contribution in [0.1, 0.15) is 25.3 Å². The van der Waals surface area contributed by atoms with Crippen molar-refractivity contribution in [2.45, 2.75) is 25.2 Å². The molecule has 1 unspecified atom stereocenters. The zero-order chi connectivity index (χ0) is 15.4. The van der Waals surface area contributed by atoms with Gasteiger partial charge in [0, 0.05) is 51.1 Å². The van der Waals surface area contributed by atoms with Crippen molar-refractivity contribution in [3.63, 3.8) is 0 Å². The molecule has 0 bridgehead atoms. The Morgan fingerprint density at radius 2 is 1.91 bits per heavy atom. The van der Waals surface area contributed by atoms with Gasteiger partial charge in [0.2, 0.25) is 5.91 Å². The van der Waals surface area contributed by atoms with Crippen LogP contribution in [0.5, 0.6) is 0 Å². The highest BCUT2D eigenvalue weighted by Gasteiger charge is 2.35. The molecular formula is C18H27N3O. The summed E-state index contributed by atoms with van der Waals surface area (Å²) in [4.78, 5) is 16.7. The van der Waals surface area contributed by atoms with Gasteiger partial charge in [-0.15, -0.1) is 0 Å². The van der Waals surface area contributed by atoms with E-state index in [1.54, 1.807) is 0 Å². The molecule has 0 saturated carbocycles. The van der Waals surface area contributed by atoms with Crippen molar-refractivity contribution >= 4 is 5.91 Å². The Morgan fingerprint density at radius 1 is 1.18 bits per heavy atom. The Hall–Kier alpha value is -1.39. The van der Waals surface area contributed by atoms with Crippen LogP contribution in [0.15, 0.2) is 30.3 Å². The van der Waals surface area contributed by atoms with Crippen LogP contribution >= 0.6 is 0 Å². The van der Waals surface area contributed by atoms with Crippen molar-refractivity contribution in [1.82, 2.24) is 15.1 Å². The fourth-order valence-electron chi connectivity index (χ4n) is 3.65. The van der Waals surface area contributed by atoms with Crippen LogP contribution in [0, 0.1) is 0 Å². The van der Waals surface area contributed by atoms with E-state index in [4.69, 9.17) is 0 Å². The third-order valence-electron chi connectivity index (χ3n) is 5.13. The van der Waals surface area contributed by atoms with Crippen LogP contribution in [0.25, 0.3) is 0 Å². The summed E-state index contributed by atoms with van der Waals surface area (Å²) < 4.78 is 0. The Morgan fingerprint density at radius 3 is 2.64 bits per heavy atom. The van der Waals surface area contributed by atoms with Gasteiger partial charge in [-0.25, -0.2) is 0 Å². The third-order valence-corrected chi connectivity index (χ3v) is 5.13. The molecule has 1 aromatic carbocycles. The molecule has 1 N–H and O–H groups in total. The summed E-state index contributed by atoms with van der Waals surface area (Å²) in [6.07, 6.45) is 1.84. The summed E-state index contributed by atoms with van der Waals surface area (Å²) in [6, 6.07) is 10.8. The molecule has 1 aromatic rings. The van der Waals surface area contributed by atoms with Gasteiger partial charge in [-0.1, -0.05) is 37.3 Å². The number of likely N-dealkylation sites (tertiary alicyclic amines) is 1. The molecule has 2 fully saturated rings. The van der Waals surface area contributed by atoms with Crippen LogP contribution in [-0.2, 0) is 10.2 Å². The maximum absolute atomic E-state index is 12.3. The monoisotopic (exact) mass is 301 g/mol. The standard InChI is InChI=1S/C18H27N3O/c1-18(16-5-3-2-4-6-16)8-12-20(15-18)11-7-17(22)21-13-9-19-10-14-21/h2-6,19H,7-15H2,1H3. The van der Waals surface area contributed by atoms with Gasteiger partial charge in [0.25, 0.3) is 0 Å². The molecule has 2 saturated heterocycles. The van der Waals surface area contributed by atoms with Crippen molar-refractivity contribution in [3.8, 4) is 0 Å². The number of nitrogens with zero attached hydrogens (tertiary/aromatic N) is 2. The minimum absolute atomic E-state index is 0.235. The van der Waals surface area contributed by atoms with Crippen LogP contribution in [-0.4, -0.2) is 61.5 Å². The topological polar surface area (TPSA) is 35.6 Å². The zero-order valence-corrected chi connectivity index (χ0v) is 13.6. The first kappa shape index (κ1) is 15.5. The first-order valence-electron chi connectivity index (χ1n) is 8.44. The lowest BCUT2D eigenvalue weighted by Crippen LogP contribution is -2.47. The van der Waals surface area contributed by atoms with Gasteiger partial charge >= 0.3 is 0 Å². The molecule has 0 radical (unpaired) electrons. The van der Waals surface area contributed by atoms with Gasteiger partial charge in [0.05, 0.1) is 0 Å². The molecule has 2 heterocycles. The lowest BCUT2D eigenvalue weighted by atomic mass is 9.82. The predicted molar refractivity (Wildman–Crippen MR) is 88.9 cm³/mol. The van der Waals surface area contributed by atoms with E-state index in [9.17, 15) is 4.79 Å². The smallest absolute Gasteiger partial charge is 0.223 e. The summed E-state index contributed by atoms with van der Waals surface area (Å²) in [7, 11) is 0. The largest absolute Gasteiger partial charge is 0.340 e. The molecule has 1 amide bonds. The number of piperazine rings is 1. The maximum Gasteiger partial charge on any atom is 0.223 e. The molecule has 0 aromatic heterocycles. The van der Waals surface area contributed by atoms with Crippen molar-refractivity contribution in [1.29, 1.82) is 0 Å². The van der Waals surface area contributed by atoms with Crippen LogP contribution < -0.4 is 5.32 Å². The molecule has 4 heteroatoms. The van der Waals surface area contributed by atoms with E-state index in [0.717, 1.165) is 45.8 Å². The van der Waals surface area contributed by atoms with E-state index in [2.05, 4.69) is 47.5 Å². The molecule has 0 spiro atoms. The number of carbonyl (C=O) groups excluding carboxylic acids is 1. The van der Waals surface area contributed by atoms with E-state index in [1.807, 2.05) is 4.90 Å². The Labute approximate surface area is 133 Å². The zero-order valence-electron chi connectivity index (χ0n) is 13.6. The van der Waals surface area contributed by atoms with E-state index < -0.39 is 0 Å². The number of hydrogen-bond donors (Lipinski definition) is 1. The summed E-state index contributed by atoms with van der Waals surface area (Å²) >= 11 is 0. The fourth-order valence-corrected chi connectivity index (χ4v) is 3.65. The van der Waals surface area contributed by atoms with Gasteiger partial charge in [0.1, 0.15) is 0 Å². The number of carbonyl (C=O) groups is 1. The lowest BCUT2D eigenvalue weighted by molar-refractivity contribution is -0.132. The molecule has 1 atom stereocenters. The van der Waals surface area contributed by atoms with Gasteiger partial charge < -0.3 is 15.1 Å². The van der Waals surface area contributed by atoms with Crippen LogP contribution in [0.3, 0.4) is 0 Å². The lowest BCUT2D eigenvalue weighted by Gasteiger charge is -2.29.